The van der Waals surface area contributed by atoms with Crippen molar-refractivity contribution in [3.8, 4) is 0 Å². The summed E-state index contributed by atoms with van der Waals surface area (Å²) in [5.41, 5.74) is 2.03. The molecule has 0 nitrogen and oxygen atoms in total. The Kier molecular flexibility index (Phi) is 1.65. The van der Waals surface area contributed by atoms with Crippen LogP contribution in [-0.2, 0) is 0 Å². The van der Waals surface area contributed by atoms with Crippen molar-refractivity contribution in [1.82, 2.24) is 0 Å². The van der Waals surface area contributed by atoms with Gasteiger partial charge in [-0.1, -0.05) is 26.3 Å². The largest absolute Gasteiger partial charge is 0.0642 e. The molecule has 1 aliphatic rings. The van der Waals surface area contributed by atoms with Crippen molar-refractivity contribution in [2.24, 2.45) is 5.41 Å². The van der Waals surface area contributed by atoms with Crippen molar-refractivity contribution >= 4 is 0 Å². The highest BCUT2D eigenvalue weighted by Crippen LogP contribution is 2.50. The summed E-state index contributed by atoms with van der Waals surface area (Å²) in [7, 11) is 0. The third-order valence-electron chi connectivity index (χ3n) is 2.47. The first-order valence-corrected chi connectivity index (χ1v) is 3.93. The molecular weight excluding hydrogens is 108 g/mol. The molecule has 0 aromatic heterocycles. The van der Waals surface area contributed by atoms with Crippen LogP contribution in [0.5, 0.6) is 0 Å². The Hall–Kier alpha value is -0.260. The summed E-state index contributed by atoms with van der Waals surface area (Å²) < 4.78 is 0. The summed E-state index contributed by atoms with van der Waals surface area (Å²) >= 11 is 0. The third-order valence-corrected chi connectivity index (χ3v) is 2.47. The summed E-state index contributed by atoms with van der Waals surface area (Å²) in [5.74, 6) is 0. The van der Waals surface area contributed by atoms with Gasteiger partial charge >= 0.3 is 0 Å². The van der Waals surface area contributed by atoms with Gasteiger partial charge in [0.2, 0.25) is 0 Å². The van der Waals surface area contributed by atoms with E-state index in [4.69, 9.17) is 0 Å². The third kappa shape index (κ3) is 0.910. The fourth-order valence-electron chi connectivity index (χ4n) is 1.54. The molecule has 0 heteroatoms. The smallest absolute Gasteiger partial charge is 0.0165 e. The second kappa shape index (κ2) is 2.17. The van der Waals surface area contributed by atoms with E-state index in [-0.39, 0.29) is 0 Å². The maximum atomic E-state index is 3.45. The van der Waals surface area contributed by atoms with Crippen LogP contribution in [0, 0.1) is 11.5 Å². The molecule has 0 amide bonds. The number of allylic oxidation sites excluding steroid dienone is 2. The molecule has 0 aromatic rings. The summed E-state index contributed by atoms with van der Waals surface area (Å²) in [5, 5.41) is 0. The van der Waals surface area contributed by atoms with Gasteiger partial charge in [-0.15, -0.1) is 0 Å². The summed E-state index contributed by atoms with van der Waals surface area (Å²) in [6, 6.07) is 0. The van der Waals surface area contributed by atoms with Gasteiger partial charge in [-0.25, -0.2) is 0 Å². The molecule has 0 N–H and O–H groups in total. The van der Waals surface area contributed by atoms with Crippen molar-refractivity contribution < 1.29 is 0 Å². The first-order valence-electron chi connectivity index (χ1n) is 3.93. The molecule has 0 saturated heterocycles. The zero-order valence-corrected chi connectivity index (χ0v) is 6.62. The second-order valence-corrected chi connectivity index (χ2v) is 2.75. The van der Waals surface area contributed by atoms with Crippen LogP contribution in [0.1, 0.15) is 40.0 Å². The molecule has 1 rings (SSSR count). The number of rotatable bonds is 3. The lowest BCUT2D eigenvalue weighted by Gasteiger charge is -2.10. The van der Waals surface area contributed by atoms with Gasteiger partial charge in [-0.05, 0) is 25.3 Å². The van der Waals surface area contributed by atoms with Gasteiger partial charge in [0, 0.05) is 5.41 Å². The van der Waals surface area contributed by atoms with E-state index in [0.29, 0.717) is 5.41 Å². The molecule has 0 spiro atoms. The van der Waals surface area contributed by atoms with E-state index in [9.17, 15) is 0 Å². The van der Waals surface area contributed by atoms with E-state index < -0.39 is 0 Å². The molecule has 0 unspecified atom stereocenters. The van der Waals surface area contributed by atoms with Gasteiger partial charge in [0.05, 0.1) is 0 Å². The maximum Gasteiger partial charge on any atom is 0.0165 e. The van der Waals surface area contributed by atoms with Crippen molar-refractivity contribution in [2.45, 2.75) is 40.0 Å². The average molecular weight is 123 g/mol. The fraction of sp³-hybridized carbons (Fsp3) is 0.778. The Bertz CT molecular complexity index is 127. The van der Waals surface area contributed by atoms with Crippen LogP contribution in [-0.4, -0.2) is 0 Å². The predicted octanol–water partition coefficient (Wildman–Crippen LogP) is 2.95. The fourth-order valence-corrected chi connectivity index (χ4v) is 1.54. The number of hydrogen-bond acceptors (Lipinski definition) is 0. The summed E-state index contributed by atoms with van der Waals surface area (Å²) in [6.07, 6.45) is 7.17. The molecular formula is C9H15. The van der Waals surface area contributed by atoms with Gasteiger partial charge in [-0.2, -0.15) is 0 Å². The molecule has 1 aliphatic carbocycles. The minimum atomic E-state index is 0.467. The zero-order valence-electron chi connectivity index (χ0n) is 6.62. The highest BCUT2D eigenvalue weighted by Gasteiger charge is 2.39. The molecule has 1 radical (unpaired) electrons. The van der Waals surface area contributed by atoms with E-state index in [1.807, 2.05) is 0 Å². The first kappa shape index (κ1) is 6.85. The van der Waals surface area contributed by atoms with E-state index >= 15 is 0 Å². The van der Waals surface area contributed by atoms with Gasteiger partial charge < -0.3 is 0 Å². The molecule has 0 atom stereocenters. The lowest BCUT2D eigenvalue weighted by atomic mass is 9.93. The zero-order chi connectivity index (χ0) is 6.91. The summed E-state index contributed by atoms with van der Waals surface area (Å²) in [6.45, 7) is 6.72. The molecule has 51 valence electrons. The van der Waals surface area contributed by atoms with Crippen LogP contribution in [0.25, 0.3) is 0 Å². The lowest BCUT2D eigenvalue weighted by Crippen LogP contribution is -2.00. The second-order valence-electron chi connectivity index (χ2n) is 2.75. The standard InChI is InChI=1S/C9H15/c1-4-8-7-9(8,5-2)6-3/h4-6H2,1-3H3. The van der Waals surface area contributed by atoms with Gasteiger partial charge in [-0.3, -0.25) is 0 Å². The van der Waals surface area contributed by atoms with Crippen molar-refractivity contribution in [3.63, 3.8) is 0 Å². The van der Waals surface area contributed by atoms with Crippen LogP contribution in [0.4, 0.5) is 0 Å². The van der Waals surface area contributed by atoms with Crippen LogP contribution >= 0.6 is 0 Å². The molecule has 0 fully saturated rings. The lowest BCUT2D eigenvalue weighted by molar-refractivity contribution is 0.494. The SMILES string of the molecule is CCC1=[C]C1(CC)CC. The monoisotopic (exact) mass is 123 g/mol. The van der Waals surface area contributed by atoms with Crippen LogP contribution < -0.4 is 0 Å². The minimum Gasteiger partial charge on any atom is -0.0642 e. The van der Waals surface area contributed by atoms with E-state index in [1.165, 1.54) is 19.3 Å². The van der Waals surface area contributed by atoms with Crippen LogP contribution in [0.15, 0.2) is 5.57 Å². The van der Waals surface area contributed by atoms with Gasteiger partial charge in [0.25, 0.3) is 0 Å². The maximum absolute atomic E-state index is 3.45. The Morgan fingerprint density at radius 2 is 1.78 bits per heavy atom. The Balaban J connectivity index is 2.42. The molecule has 0 aliphatic heterocycles. The normalized spacial score (nSPS) is 21.4. The molecule has 9 heavy (non-hydrogen) atoms. The molecule has 0 aromatic carbocycles. The topological polar surface area (TPSA) is 0 Å². The van der Waals surface area contributed by atoms with Gasteiger partial charge in [0.15, 0.2) is 0 Å². The minimum absolute atomic E-state index is 0.467. The highest BCUT2D eigenvalue weighted by molar-refractivity contribution is 5.31. The molecule has 0 bridgehead atoms. The number of hydrogen-bond donors (Lipinski definition) is 0. The quantitative estimate of drug-likeness (QED) is 0.541. The van der Waals surface area contributed by atoms with E-state index in [1.54, 1.807) is 5.57 Å². The van der Waals surface area contributed by atoms with Crippen LogP contribution in [0.3, 0.4) is 0 Å². The average Bonchev–Trinajstić information content (AvgIpc) is 2.63. The van der Waals surface area contributed by atoms with Crippen LogP contribution in [0.2, 0.25) is 0 Å². The Morgan fingerprint density at radius 3 is 1.89 bits per heavy atom. The van der Waals surface area contributed by atoms with Crippen molar-refractivity contribution in [3.05, 3.63) is 11.6 Å². The van der Waals surface area contributed by atoms with Crippen molar-refractivity contribution in [2.75, 3.05) is 0 Å². The van der Waals surface area contributed by atoms with E-state index in [0.717, 1.165) is 0 Å². The first-order chi connectivity index (χ1) is 4.29. The predicted molar refractivity (Wildman–Crippen MR) is 40.1 cm³/mol. The molecule has 0 heterocycles. The molecule has 0 saturated carbocycles. The summed E-state index contributed by atoms with van der Waals surface area (Å²) in [4.78, 5) is 0. The highest BCUT2D eigenvalue weighted by atomic mass is 14.4. The Labute approximate surface area is 58.0 Å². The van der Waals surface area contributed by atoms with Gasteiger partial charge in [0.1, 0.15) is 0 Å². The van der Waals surface area contributed by atoms with Crippen molar-refractivity contribution in [1.29, 1.82) is 0 Å². The van der Waals surface area contributed by atoms with E-state index in [2.05, 4.69) is 26.8 Å². The Morgan fingerprint density at radius 1 is 1.22 bits per heavy atom.